The van der Waals surface area contributed by atoms with Gasteiger partial charge in [0.25, 0.3) is 0 Å². The van der Waals surface area contributed by atoms with E-state index >= 15 is 0 Å². The Kier molecular flexibility index (Phi) is 4.33. The standard InChI is InChI=1S/C14H20N2O2/c1-11(18)12-3-2-4-13(9-12)16-7-6-15-10-14(16)5-8-17/h2-4,9,14-15,17H,5-8,10H2,1H3. The van der Waals surface area contributed by atoms with Crippen LogP contribution in [0.2, 0.25) is 0 Å². The number of aliphatic hydroxyl groups is 1. The van der Waals surface area contributed by atoms with Crippen molar-refractivity contribution >= 4 is 11.5 Å². The van der Waals surface area contributed by atoms with Gasteiger partial charge in [0.15, 0.2) is 5.78 Å². The van der Waals surface area contributed by atoms with Gasteiger partial charge in [0.2, 0.25) is 0 Å². The maximum atomic E-state index is 11.4. The van der Waals surface area contributed by atoms with Gasteiger partial charge >= 0.3 is 0 Å². The van der Waals surface area contributed by atoms with E-state index in [1.54, 1.807) is 6.92 Å². The summed E-state index contributed by atoms with van der Waals surface area (Å²) >= 11 is 0. The number of benzene rings is 1. The van der Waals surface area contributed by atoms with Gasteiger partial charge in [-0.05, 0) is 25.5 Å². The second kappa shape index (κ2) is 5.98. The summed E-state index contributed by atoms with van der Waals surface area (Å²) in [5, 5.41) is 12.5. The number of anilines is 1. The Morgan fingerprint density at radius 1 is 1.56 bits per heavy atom. The number of rotatable bonds is 4. The van der Waals surface area contributed by atoms with Gasteiger partial charge in [-0.3, -0.25) is 4.79 Å². The minimum atomic E-state index is 0.0886. The zero-order valence-electron chi connectivity index (χ0n) is 10.7. The third kappa shape index (κ3) is 2.89. The molecule has 98 valence electrons. The second-order valence-corrected chi connectivity index (χ2v) is 4.67. The van der Waals surface area contributed by atoms with Gasteiger partial charge in [-0.2, -0.15) is 0 Å². The molecule has 1 atom stereocenters. The van der Waals surface area contributed by atoms with E-state index in [0.717, 1.165) is 37.3 Å². The number of piperazine rings is 1. The largest absolute Gasteiger partial charge is 0.396 e. The Hall–Kier alpha value is -1.39. The fourth-order valence-electron chi connectivity index (χ4n) is 2.41. The summed E-state index contributed by atoms with van der Waals surface area (Å²) in [5.74, 6) is 0.0886. The molecule has 4 heteroatoms. The summed E-state index contributed by atoms with van der Waals surface area (Å²) in [6.07, 6.45) is 0.747. The number of nitrogens with zero attached hydrogens (tertiary/aromatic N) is 1. The SMILES string of the molecule is CC(=O)c1cccc(N2CCNCC2CCO)c1. The molecule has 0 spiro atoms. The van der Waals surface area contributed by atoms with Crippen molar-refractivity contribution in [3.63, 3.8) is 0 Å². The molecule has 18 heavy (non-hydrogen) atoms. The molecule has 0 saturated carbocycles. The predicted molar refractivity (Wildman–Crippen MR) is 72.2 cm³/mol. The summed E-state index contributed by atoms with van der Waals surface area (Å²) in [4.78, 5) is 13.7. The Balaban J connectivity index is 2.22. The molecule has 1 aliphatic rings. The number of hydrogen-bond acceptors (Lipinski definition) is 4. The highest BCUT2D eigenvalue weighted by atomic mass is 16.3. The summed E-state index contributed by atoms with van der Waals surface area (Å²) < 4.78 is 0. The smallest absolute Gasteiger partial charge is 0.159 e. The van der Waals surface area contributed by atoms with E-state index in [4.69, 9.17) is 5.11 Å². The number of ketones is 1. The predicted octanol–water partition coefficient (Wildman–Crippen LogP) is 1.05. The number of carbonyl (C=O) groups excluding carboxylic acids is 1. The van der Waals surface area contributed by atoms with Crippen molar-refractivity contribution in [2.75, 3.05) is 31.1 Å². The van der Waals surface area contributed by atoms with Crippen molar-refractivity contribution in [2.45, 2.75) is 19.4 Å². The zero-order valence-corrected chi connectivity index (χ0v) is 10.7. The van der Waals surface area contributed by atoms with E-state index in [2.05, 4.69) is 10.2 Å². The van der Waals surface area contributed by atoms with Crippen LogP contribution in [0.4, 0.5) is 5.69 Å². The maximum absolute atomic E-state index is 11.4. The second-order valence-electron chi connectivity index (χ2n) is 4.67. The van der Waals surface area contributed by atoms with Crippen LogP contribution in [0.3, 0.4) is 0 Å². The molecule has 0 aliphatic carbocycles. The molecule has 0 aromatic heterocycles. The molecule has 1 aliphatic heterocycles. The molecule has 1 fully saturated rings. The molecule has 2 N–H and O–H groups in total. The molecular formula is C14H20N2O2. The molecule has 1 unspecified atom stereocenters. The zero-order chi connectivity index (χ0) is 13.0. The average Bonchev–Trinajstić information content (AvgIpc) is 2.40. The summed E-state index contributed by atoms with van der Waals surface area (Å²) in [6, 6.07) is 8.03. The number of aliphatic hydroxyl groups excluding tert-OH is 1. The number of nitrogens with one attached hydrogen (secondary N) is 1. The average molecular weight is 248 g/mol. The first-order chi connectivity index (χ1) is 8.72. The lowest BCUT2D eigenvalue weighted by molar-refractivity contribution is 0.101. The van der Waals surface area contributed by atoms with Gasteiger partial charge in [0.05, 0.1) is 0 Å². The normalized spacial score (nSPS) is 19.9. The van der Waals surface area contributed by atoms with Crippen molar-refractivity contribution in [1.82, 2.24) is 5.32 Å². The van der Waals surface area contributed by atoms with Crippen LogP contribution in [0.1, 0.15) is 23.7 Å². The highest BCUT2D eigenvalue weighted by Crippen LogP contribution is 2.21. The molecule has 1 aromatic carbocycles. The highest BCUT2D eigenvalue weighted by Gasteiger charge is 2.22. The van der Waals surface area contributed by atoms with Gasteiger partial charge < -0.3 is 15.3 Å². The molecule has 0 bridgehead atoms. The van der Waals surface area contributed by atoms with Crippen LogP contribution < -0.4 is 10.2 Å². The van der Waals surface area contributed by atoms with E-state index in [1.807, 2.05) is 24.3 Å². The van der Waals surface area contributed by atoms with E-state index in [-0.39, 0.29) is 12.4 Å². The van der Waals surface area contributed by atoms with Crippen LogP contribution in [0.25, 0.3) is 0 Å². The lowest BCUT2D eigenvalue weighted by Crippen LogP contribution is -2.51. The van der Waals surface area contributed by atoms with Gasteiger partial charge in [-0.1, -0.05) is 12.1 Å². The molecule has 1 saturated heterocycles. The molecule has 0 amide bonds. The van der Waals surface area contributed by atoms with Gasteiger partial charge in [-0.25, -0.2) is 0 Å². The van der Waals surface area contributed by atoms with Crippen LogP contribution >= 0.6 is 0 Å². The fraction of sp³-hybridized carbons (Fsp3) is 0.500. The first kappa shape index (κ1) is 13.1. The van der Waals surface area contributed by atoms with Crippen molar-refractivity contribution < 1.29 is 9.90 Å². The molecule has 4 nitrogen and oxygen atoms in total. The fourth-order valence-corrected chi connectivity index (χ4v) is 2.41. The monoisotopic (exact) mass is 248 g/mol. The molecular weight excluding hydrogens is 228 g/mol. The van der Waals surface area contributed by atoms with Crippen LogP contribution in [0.5, 0.6) is 0 Å². The van der Waals surface area contributed by atoms with E-state index in [0.29, 0.717) is 6.04 Å². The van der Waals surface area contributed by atoms with Crippen molar-refractivity contribution in [3.8, 4) is 0 Å². The molecule has 0 radical (unpaired) electrons. The first-order valence-corrected chi connectivity index (χ1v) is 6.41. The minimum absolute atomic E-state index is 0.0886. The van der Waals surface area contributed by atoms with E-state index < -0.39 is 0 Å². The van der Waals surface area contributed by atoms with E-state index in [9.17, 15) is 4.79 Å². The highest BCUT2D eigenvalue weighted by molar-refractivity contribution is 5.95. The molecule has 1 heterocycles. The summed E-state index contributed by atoms with van der Waals surface area (Å²) in [7, 11) is 0. The van der Waals surface area contributed by atoms with Crippen LogP contribution in [-0.4, -0.2) is 43.2 Å². The van der Waals surface area contributed by atoms with Crippen LogP contribution in [-0.2, 0) is 0 Å². The van der Waals surface area contributed by atoms with Crippen molar-refractivity contribution in [2.24, 2.45) is 0 Å². The van der Waals surface area contributed by atoms with Gasteiger partial charge in [0.1, 0.15) is 0 Å². The summed E-state index contributed by atoms with van der Waals surface area (Å²) in [6.45, 7) is 4.50. The Morgan fingerprint density at radius 2 is 2.39 bits per heavy atom. The van der Waals surface area contributed by atoms with Crippen molar-refractivity contribution in [3.05, 3.63) is 29.8 Å². The lowest BCUT2D eigenvalue weighted by Gasteiger charge is -2.38. The lowest BCUT2D eigenvalue weighted by atomic mass is 10.1. The minimum Gasteiger partial charge on any atom is -0.396 e. The van der Waals surface area contributed by atoms with Gasteiger partial charge in [0, 0.05) is 43.5 Å². The molecule has 1 aromatic rings. The topological polar surface area (TPSA) is 52.6 Å². The van der Waals surface area contributed by atoms with Gasteiger partial charge in [-0.15, -0.1) is 0 Å². The van der Waals surface area contributed by atoms with Crippen LogP contribution in [0, 0.1) is 0 Å². The number of carbonyl (C=O) groups is 1. The maximum Gasteiger partial charge on any atom is 0.159 e. The Morgan fingerprint density at radius 3 is 3.11 bits per heavy atom. The Bertz CT molecular complexity index is 418. The number of hydrogen-bond donors (Lipinski definition) is 2. The first-order valence-electron chi connectivity index (χ1n) is 6.41. The molecule has 2 rings (SSSR count). The Labute approximate surface area is 108 Å². The third-order valence-electron chi connectivity index (χ3n) is 3.40. The number of Topliss-reactive ketones (excluding diaryl/α,β-unsaturated/α-hetero) is 1. The summed E-state index contributed by atoms with van der Waals surface area (Å²) in [5.41, 5.74) is 1.82. The van der Waals surface area contributed by atoms with Crippen LogP contribution in [0.15, 0.2) is 24.3 Å². The van der Waals surface area contributed by atoms with E-state index in [1.165, 1.54) is 0 Å². The quantitative estimate of drug-likeness (QED) is 0.782. The third-order valence-corrected chi connectivity index (χ3v) is 3.40. The van der Waals surface area contributed by atoms with Crippen molar-refractivity contribution in [1.29, 1.82) is 0 Å².